The lowest BCUT2D eigenvalue weighted by Gasteiger charge is -2.13. The van der Waals surface area contributed by atoms with Crippen LogP contribution in [0.1, 0.15) is 11.1 Å². The molecule has 1 N–H and O–H groups in total. The van der Waals surface area contributed by atoms with Crippen molar-refractivity contribution in [3.63, 3.8) is 0 Å². The number of thiazole rings is 1. The minimum absolute atomic E-state index is 0.00896. The Kier molecular flexibility index (Phi) is 4.43. The van der Waals surface area contributed by atoms with Gasteiger partial charge in [-0.15, -0.1) is 11.3 Å². The molecular weight excluding hydrogens is 380 g/mol. The summed E-state index contributed by atoms with van der Waals surface area (Å²) in [6.07, 6.45) is -9.82. The molecule has 9 heteroatoms. The minimum atomic E-state index is -4.91. The Balaban J connectivity index is 2.07. The van der Waals surface area contributed by atoms with Crippen LogP contribution in [0.4, 0.5) is 26.3 Å². The molecule has 0 radical (unpaired) electrons. The maximum atomic E-state index is 13.0. The molecule has 0 fully saturated rings. The van der Waals surface area contributed by atoms with E-state index in [9.17, 15) is 31.4 Å². The fourth-order valence-electron chi connectivity index (χ4n) is 2.25. The molecule has 2 nitrogen and oxygen atoms in total. The summed E-state index contributed by atoms with van der Waals surface area (Å²) in [7, 11) is 0. The molecule has 2 aromatic carbocycles. The smallest absolute Gasteiger partial charge is 0.416 e. The first kappa shape index (κ1) is 18.2. The Bertz CT molecular complexity index is 895. The van der Waals surface area contributed by atoms with Crippen LogP contribution in [0.3, 0.4) is 0 Å². The zero-order valence-electron chi connectivity index (χ0n) is 12.7. The van der Waals surface area contributed by atoms with E-state index in [1.165, 1.54) is 17.5 Å². The van der Waals surface area contributed by atoms with Crippen molar-refractivity contribution in [1.29, 1.82) is 0 Å². The molecule has 0 aliphatic carbocycles. The third-order valence-electron chi connectivity index (χ3n) is 3.50. The molecule has 0 aliphatic heterocycles. The second-order valence-electron chi connectivity index (χ2n) is 5.38. The highest BCUT2D eigenvalue weighted by molar-refractivity contribution is 7.13. The molecule has 0 bridgehead atoms. The van der Waals surface area contributed by atoms with Gasteiger partial charge in [-0.1, -0.05) is 0 Å². The Morgan fingerprint density at radius 1 is 0.769 bits per heavy atom. The van der Waals surface area contributed by atoms with Crippen LogP contribution in [0.25, 0.3) is 21.8 Å². The molecule has 0 unspecified atom stereocenters. The summed E-state index contributed by atoms with van der Waals surface area (Å²) < 4.78 is 77.7. The van der Waals surface area contributed by atoms with Crippen molar-refractivity contribution in [2.24, 2.45) is 0 Å². The Labute approximate surface area is 147 Å². The molecule has 136 valence electrons. The molecule has 0 spiro atoms. The SMILES string of the molecule is Oc1ccc(-c2nc(-c3cc(C(F)(F)F)cc(C(F)(F)F)c3)cs2)cc1. The zero-order chi connectivity index (χ0) is 19.1. The fourth-order valence-corrected chi connectivity index (χ4v) is 3.08. The van der Waals surface area contributed by atoms with Gasteiger partial charge in [-0.2, -0.15) is 26.3 Å². The fraction of sp³-hybridized carbons (Fsp3) is 0.118. The number of benzene rings is 2. The van der Waals surface area contributed by atoms with Gasteiger partial charge in [0.15, 0.2) is 0 Å². The Morgan fingerprint density at radius 3 is 1.81 bits per heavy atom. The lowest BCUT2D eigenvalue weighted by Crippen LogP contribution is -2.11. The average molecular weight is 389 g/mol. The molecule has 1 heterocycles. The van der Waals surface area contributed by atoms with Crippen molar-refractivity contribution in [1.82, 2.24) is 4.98 Å². The van der Waals surface area contributed by atoms with Crippen LogP contribution < -0.4 is 0 Å². The maximum Gasteiger partial charge on any atom is 0.416 e. The number of alkyl halides is 6. The summed E-state index contributed by atoms with van der Waals surface area (Å²) >= 11 is 1.07. The number of halogens is 6. The summed E-state index contributed by atoms with van der Waals surface area (Å²) in [5.41, 5.74) is -2.45. The van der Waals surface area contributed by atoms with Crippen molar-refractivity contribution in [2.75, 3.05) is 0 Å². The van der Waals surface area contributed by atoms with E-state index in [0.717, 1.165) is 11.3 Å². The van der Waals surface area contributed by atoms with E-state index in [2.05, 4.69) is 4.98 Å². The number of hydrogen-bond acceptors (Lipinski definition) is 3. The van der Waals surface area contributed by atoms with E-state index in [1.807, 2.05) is 0 Å². The van der Waals surface area contributed by atoms with Gasteiger partial charge in [-0.25, -0.2) is 4.98 Å². The van der Waals surface area contributed by atoms with Gasteiger partial charge in [-0.05, 0) is 42.5 Å². The van der Waals surface area contributed by atoms with Gasteiger partial charge in [-0.3, -0.25) is 0 Å². The van der Waals surface area contributed by atoms with E-state index >= 15 is 0 Å². The second-order valence-corrected chi connectivity index (χ2v) is 6.24. The predicted octanol–water partition coefficient (Wildman–Crippen LogP) is 6.22. The van der Waals surface area contributed by atoms with Crippen molar-refractivity contribution in [2.45, 2.75) is 12.4 Å². The largest absolute Gasteiger partial charge is 0.508 e. The summed E-state index contributed by atoms with van der Waals surface area (Å²) in [6.45, 7) is 0. The summed E-state index contributed by atoms with van der Waals surface area (Å²) in [4.78, 5) is 4.13. The number of hydrogen-bond donors (Lipinski definition) is 1. The zero-order valence-corrected chi connectivity index (χ0v) is 13.5. The number of phenols is 1. The first-order chi connectivity index (χ1) is 12.0. The Hall–Kier alpha value is -2.55. The molecular formula is C17H9F6NOS. The lowest BCUT2D eigenvalue weighted by molar-refractivity contribution is -0.143. The third kappa shape index (κ3) is 3.82. The number of aromatic hydroxyl groups is 1. The molecule has 3 aromatic rings. The van der Waals surface area contributed by atoms with Crippen LogP contribution in [0.15, 0.2) is 47.8 Å². The monoisotopic (exact) mass is 389 g/mol. The highest BCUT2D eigenvalue weighted by Crippen LogP contribution is 2.39. The van der Waals surface area contributed by atoms with Gasteiger partial charge in [0.25, 0.3) is 0 Å². The molecule has 0 amide bonds. The van der Waals surface area contributed by atoms with Gasteiger partial charge >= 0.3 is 12.4 Å². The van der Waals surface area contributed by atoms with Gasteiger partial charge in [0, 0.05) is 16.5 Å². The second kappa shape index (κ2) is 6.31. The van der Waals surface area contributed by atoms with E-state index in [1.54, 1.807) is 12.1 Å². The highest BCUT2D eigenvalue weighted by Gasteiger charge is 2.37. The van der Waals surface area contributed by atoms with Crippen LogP contribution >= 0.6 is 11.3 Å². The standard InChI is InChI=1S/C17H9F6NOS/c18-16(19,20)11-5-10(6-12(7-11)17(21,22)23)14-8-26-15(24-14)9-1-3-13(25)4-2-9/h1-8,25H. The van der Waals surface area contributed by atoms with E-state index < -0.39 is 23.5 Å². The predicted molar refractivity (Wildman–Crippen MR) is 84.7 cm³/mol. The molecule has 0 saturated heterocycles. The van der Waals surface area contributed by atoms with E-state index in [-0.39, 0.29) is 23.1 Å². The summed E-state index contributed by atoms with van der Waals surface area (Å²) in [5.74, 6) is 0.0261. The first-order valence-corrected chi connectivity index (χ1v) is 7.97. The maximum absolute atomic E-state index is 13.0. The third-order valence-corrected chi connectivity index (χ3v) is 4.39. The van der Waals surface area contributed by atoms with Gasteiger partial charge in [0.05, 0.1) is 16.8 Å². The van der Waals surface area contributed by atoms with Crippen LogP contribution in [-0.4, -0.2) is 10.1 Å². The van der Waals surface area contributed by atoms with Crippen LogP contribution in [0.5, 0.6) is 5.75 Å². The molecule has 3 rings (SSSR count). The van der Waals surface area contributed by atoms with Gasteiger partial charge in [0.1, 0.15) is 10.8 Å². The number of nitrogens with zero attached hydrogens (tertiary/aromatic N) is 1. The van der Waals surface area contributed by atoms with Gasteiger partial charge < -0.3 is 5.11 Å². The minimum Gasteiger partial charge on any atom is -0.508 e. The molecule has 0 atom stereocenters. The summed E-state index contributed by atoms with van der Waals surface area (Å²) in [5, 5.41) is 11.1. The molecule has 0 aliphatic rings. The van der Waals surface area contributed by atoms with E-state index in [0.29, 0.717) is 22.7 Å². The average Bonchev–Trinajstić information content (AvgIpc) is 3.03. The highest BCUT2D eigenvalue weighted by atomic mass is 32.1. The van der Waals surface area contributed by atoms with Crippen molar-refractivity contribution >= 4 is 11.3 Å². The van der Waals surface area contributed by atoms with Crippen molar-refractivity contribution < 1.29 is 31.4 Å². The van der Waals surface area contributed by atoms with Crippen LogP contribution in [0, 0.1) is 0 Å². The topological polar surface area (TPSA) is 33.1 Å². The molecule has 0 saturated carbocycles. The Morgan fingerprint density at radius 2 is 1.31 bits per heavy atom. The van der Waals surface area contributed by atoms with Crippen LogP contribution in [-0.2, 0) is 12.4 Å². The van der Waals surface area contributed by atoms with Crippen molar-refractivity contribution in [3.05, 3.63) is 59.0 Å². The molecule has 1 aromatic heterocycles. The number of phenolic OH excluding ortho intramolecular Hbond substituents is 1. The number of rotatable bonds is 2. The van der Waals surface area contributed by atoms with E-state index in [4.69, 9.17) is 0 Å². The van der Waals surface area contributed by atoms with Crippen LogP contribution in [0.2, 0.25) is 0 Å². The lowest BCUT2D eigenvalue weighted by atomic mass is 10.0. The first-order valence-electron chi connectivity index (χ1n) is 7.09. The summed E-state index contributed by atoms with van der Waals surface area (Å²) in [6, 6.07) is 7.27. The van der Waals surface area contributed by atoms with Crippen molar-refractivity contribution in [3.8, 4) is 27.6 Å². The normalized spacial score (nSPS) is 12.4. The molecule has 26 heavy (non-hydrogen) atoms. The quantitative estimate of drug-likeness (QED) is 0.528. The van der Waals surface area contributed by atoms with Gasteiger partial charge in [0.2, 0.25) is 0 Å². The number of aromatic nitrogens is 1.